The van der Waals surface area contributed by atoms with Crippen molar-refractivity contribution in [3.8, 4) is 0 Å². The summed E-state index contributed by atoms with van der Waals surface area (Å²) >= 11 is 7.70. The summed E-state index contributed by atoms with van der Waals surface area (Å²) in [4.78, 5) is 12.2. The van der Waals surface area contributed by atoms with Crippen molar-refractivity contribution >= 4 is 35.0 Å². The number of anilines is 1. The lowest BCUT2D eigenvalue weighted by molar-refractivity contribution is 0.0929. The first-order valence-corrected chi connectivity index (χ1v) is 8.17. The van der Waals surface area contributed by atoms with Gasteiger partial charge in [-0.15, -0.1) is 0 Å². The molecule has 1 fully saturated rings. The van der Waals surface area contributed by atoms with E-state index in [4.69, 9.17) is 17.3 Å². The van der Waals surface area contributed by atoms with Crippen molar-refractivity contribution in [3.63, 3.8) is 0 Å². The molecule has 104 valence electrons. The van der Waals surface area contributed by atoms with Gasteiger partial charge in [-0.25, -0.2) is 0 Å². The van der Waals surface area contributed by atoms with Crippen LogP contribution < -0.4 is 11.1 Å². The lowest BCUT2D eigenvalue weighted by Crippen LogP contribution is -2.43. The molecule has 3 nitrogen and oxygen atoms in total. The molecule has 1 aromatic carbocycles. The Labute approximate surface area is 123 Å². The van der Waals surface area contributed by atoms with Crippen molar-refractivity contribution in [2.75, 3.05) is 12.0 Å². The molecule has 19 heavy (non-hydrogen) atoms. The van der Waals surface area contributed by atoms with E-state index in [-0.39, 0.29) is 11.9 Å². The fourth-order valence-corrected chi connectivity index (χ4v) is 3.53. The smallest absolute Gasteiger partial charge is 0.251 e. The number of hydrogen-bond donors (Lipinski definition) is 2. The molecular weight excluding hydrogens is 280 g/mol. The van der Waals surface area contributed by atoms with Crippen LogP contribution in [0.4, 0.5) is 5.69 Å². The highest BCUT2D eigenvalue weighted by Gasteiger charge is 2.26. The summed E-state index contributed by atoms with van der Waals surface area (Å²) in [5.41, 5.74) is 6.75. The van der Waals surface area contributed by atoms with E-state index in [1.54, 1.807) is 18.2 Å². The van der Waals surface area contributed by atoms with E-state index in [1.165, 1.54) is 19.3 Å². The number of halogens is 1. The van der Waals surface area contributed by atoms with E-state index in [0.29, 0.717) is 21.5 Å². The molecule has 2 rings (SSSR count). The Morgan fingerprint density at radius 3 is 2.84 bits per heavy atom. The molecule has 1 aliphatic rings. The van der Waals surface area contributed by atoms with Crippen molar-refractivity contribution in [1.82, 2.24) is 5.32 Å². The highest BCUT2D eigenvalue weighted by Crippen LogP contribution is 2.27. The molecule has 0 spiro atoms. The van der Waals surface area contributed by atoms with Crippen LogP contribution in [0.5, 0.6) is 0 Å². The molecule has 1 amide bonds. The maximum absolute atomic E-state index is 12.2. The van der Waals surface area contributed by atoms with Gasteiger partial charge in [-0.3, -0.25) is 4.79 Å². The van der Waals surface area contributed by atoms with Crippen LogP contribution in [0.2, 0.25) is 5.02 Å². The third-order valence-corrected chi connectivity index (χ3v) is 5.09. The van der Waals surface area contributed by atoms with Gasteiger partial charge in [-0.2, -0.15) is 11.8 Å². The van der Waals surface area contributed by atoms with E-state index >= 15 is 0 Å². The van der Waals surface area contributed by atoms with Crippen LogP contribution in [0.15, 0.2) is 18.2 Å². The summed E-state index contributed by atoms with van der Waals surface area (Å²) in [5, 5.41) is 4.12. The van der Waals surface area contributed by atoms with Crippen LogP contribution in [-0.2, 0) is 0 Å². The second-order valence-electron chi connectivity index (χ2n) is 4.87. The van der Waals surface area contributed by atoms with Crippen molar-refractivity contribution in [1.29, 1.82) is 0 Å². The Morgan fingerprint density at radius 2 is 2.16 bits per heavy atom. The Bertz CT molecular complexity index is 467. The average Bonchev–Trinajstić information content (AvgIpc) is 2.42. The lowest BCUT2D eigenvalue weighted by atomic mass is 9.94. The van der Waals surface area contributed by atoms with Gasteiger partial charge in [0, 0.05) is 16.9 Å². The second kappa shape index (κ2) is 6.53. The Kier molecular flexibility index (Phi) is 4.99. The molecule has 0 bridgehead atoms. The maximum Gasteiger partial charge on any atom is 0.251 e. The normalized spacial score (nSPS) is 23.1. The molecule has 5 heteroatoms. The number of amides is 1. The number of carbonyl (C=O) groups is 1. The number of benzene rings is 1. The van der Waals surface area contributed by atoms with Gasteiger partial charge in [-0.05, 0) is 37.3 Å². The summed E-state index contributed by atoms with van der Waals surface area (Å²) in [6.07, 6.45) is 6.78. The van der Waals surface area contributed by atoms with Crippen LogP contribution >= 0.6 is 23.4 Å². The summed E-state index contributed by atoms with van der Waals surface area (Å²) < 4.78 is 0. The minimum absolute atomic E-state index is 0.0608. The van der Waals surface area contributed by atoms with Gasteiger partial charge in [-0.1, -0.05) is 24.4 Å². The Hall–Kier alpha value is -0.870. The first-order chi connectivity index (χ1) is 9.11. The summed E-state index contributed by atoms with van der Waals surface area (Å²) in [7, 11) is 0. The number of nitrogen functional groups attached to an aromatic ring is 1. The molecule has 1 aromatic rings. The second-order valence-corrected chi connectivity index (χ2v) is 6.36. The largest absolute Gasteiger partial charge is 0.398 e. The van der Waals surface area contributed by atoms with E-state index in [1.807, 2.05) is 11.8 Å². The molecule has 0 aromatic heterocycles. The van der Waals surface area contributed by atoms with Gasteiger partial charge in [0.15, 0.2) is 0 Å². The standard InChI is InChI=1S/C14H19ClN2OS/c1-19-13-5-3-2-4-12(13)17-14(18)9-6-7-10(15)11(16)8-9/h6-8,12-13H,2-5,16H2,1H3,(H,17,18). The highest BCUT2D eigenvalue weighted by atomic mass is 35.5. The minimum atomic E-state index is -0.0608. The average molecular weight is 299 g/mol. The SMILES string of the molecule is CSC1CCCCC1NC(=O)c1ccc(Cl)c(N)c1. The van der Waals surface area contributed by atoms with Gasteiger partial charge in [0.2, 0.25) is 0 Å². The molecule has 1 aliphatic carbocycles. The number of nitrogens with two attached hydrogens (primary N) is 1. The quantitative estimate of drug-likeness (QED) is 0.842. The number of rotatable bonds is 3. The fourth-order valence-electron chi connectivity index (χ4n) is 2.48. The van der Waals surface area contributed by atoms with Gasteiger partial charge >= 0.3 is 0 Å². The van der Waals surface area contributed by atoms with E-state index in [9.17, 15) is 4.79 Å². The molecule has 0 radical (unpaired) electrons. The zero-order valence-electron chi connectivity index (χ0n) is 11.0. The van der Waals surface area contributed by atoms with Gasteiger partial charge in [0.05, 0.1) is 10.7 Å². The topological polar surface area (TPSA) is 55.1 Å². The molecular formula is C14H19ClN2OS. The molecule has 0 heterocycles. The van der Waals surface area contributed by atoms with Crippen molar-refractivity contribution < 1.29 is 4.79 Å². The molecule has 0 saturated heterocycles. The van der Waals surface area contributed by atoms with Crippen LogP contribution in [0.3, 0.4) is 0 Å². The third-order valence-electron chi connectivity index (χ3n) is 3.58. The van der Waals surface area contributed by atoms with Crippen molar-refractivity contribution in [3.05, 3.63) is 28.8 Å². The zero-order chi connectivity index (χ0) is 13.8. The molecule has 0 aliphatic heterocycles. The number of nitrogens with one attached hydrogen (secondary N) is 1. The van der Waals surface area contributed by atoms with Gasteiger partial charge in [0.25, 0.3) is 5.91 Å². The number of hydrogen-bond acceptors (Lipinski definition) is 3. The van der Waals surface area contributed by atoms with E-state index in [0.717, 1.165) is 6.42 Å². The van der Waals surface area contributed by atoms with Crippen LogP contribution in [0.1, 0.15) is 36.0 Å². The third kappa shape index (κ3) is 3.57. The van der Waals surface area contributed by atoms with Gasteiger partial charge in [0.1, 0.15) is 0 Å². The van der Waals surface area contributed by atoms with Gasteiger partial charge < -0.3 is 11.1 Å². The number of carbonyl (C=O) groups excluding carboxylic acids is 1. The monoisotopic (exact) mass is 298 g/mol. The highest BCUT2D eigenvalue weighted by molar-refractivity contribution is 7.99. The lowest BCUT2D eigenvalue weighted by Gasteiger charge is -2.31. The predicted molar refractivity (Wildman–Crippen MR) is 82.9 cm³/mol. The molecule has 2 atom stereocenters. The summed E-state index contributed by atoms with van der Waals surface area (Å²) in [5.74, 6) is -0.0608. The van der Waals surface area contributed by atoms with Crippen molar-refractivity contribution in [2.45, 2.75) is 37.0 Å². The van der Waals surface area contributed by atoms with Crippen molar-refractivity contribution in [2.24, 2.45) is 0 Å². The maximum atomic E-state index is 12.2. The Balaban J connectivity index is 2.05. The van der Waals surface area contributed by atoms with E-state index < -0.39 is 0 Å². The molecule has 3 N–H and O–H groups in total. The summed E-state index contributed by atoms with van der Waals surface area (Å²) in [6.45, 7) is 0. The van der Waals surface area contributed by atoms with Crippen LogP contribution in [0.25, 0.3) is 0 Å². The predicted octanol–water partition coefficient (Wildman–Crippen LogP) is 3.33. The molecule has 1 saturated carbocycles. The molecule has 2 unspecified atom stereocenters. The van der Waals surface area contributed by atoms with Crippen LogP contribution in [-0.4, -0.2) is 23.5 Å². The first-order valence-electron chi connectivity index (χ1n) is 6.50. The number of thioether (sulfide) groups is 1. The van der Waals surface area contributed by atoms with E-state index in [2.05, 4.69) is 11.6 Å². The first kappa shape index (κ1) is 14.5. The fraction of sp³-hybridized carbons (Fsp3) is 0.500. The Morgan fingerprint density at radius 1 is 1.42 bits per heavy atom. The summed E-state index contributed by atoms with van der Waals surface area (Å²) in [6, 6.07) is 5.27. The van der Waals surface area contributed by atoms with Crippen LogP contribution in [0, 0.1) is 0 Å². The minimum Gasteiger partial charge on any atom is -0.398 e. The zero-order valence-corrected chi connectivity index (χ0v) is 12.6.